The van der Waals surface area contributed by atoms with Crippen LogP contribution in [0.2, 0.25) is 0 Å². The zero-order valence-corrected chi connectivity index (χ0v) is 14.8. The molecule has 0 aliphatic heterocycles. The van der Waals surface area contributed by atoms with Gasteiger partial charge in [-0.2, -0.15) is 0 Å². The number of aromatic nitrogens is 3. The molecule has 0 aliphatic rings. The second-order valence-corrected chi connectivity index (χ2v) is 6.02. The van der Waals surface area contributed by atoms with Crippen LogP contribution in [0.3, 0.4) is 0 Å². The minimum Gasteiger partial charge on any atom is -0.335 e. The molecule has 2 N–H and O–H groups in total. The van der Waals surface area contributed by atoms with Crippen molar-refractivity contribution in [2.24, 2.45) is 0 Å². The van der Waals surface area contributed by atoms with Crippen LogP contribution < -0.4 is 10.9 Å². The summed E-state index contributed by atoms with van der Waals surface area (Å²) in [6, 6.07) is 14.3. The van der Waals surface area contributed by atoms with Crippen LogP contribution in [0.1, 0.15) is 26.4 Å². The number of aryl methyl sites for hydroxylation is 1. The molecule has 0 saturated carbocycles. The summed E-state index contributed by atoms with van der Waals surface area (Å²) >= 11 is 0. The zero-order chi connectivity index (χ0) is 19.5. The highest BCUT2D eigenvalue weighted by atomic mass is 16.5. The Morgan fingerprint density at radius 1 is 1.00 bits per heavy atom. The van der Waals surface area contributed by atoms with E-state index < -0.39 is 11.8 Å². The van der Waals surface area contributed by atoms with Crippen LogP contribution >= 0.6 is 0 Å². The normalized spacial score (nSPS) is 10.6. The molecule has 1 aromatic carbocycles. The number of carbonyl (C=O) groups is 2. The Balaban J connectivity index is 1.66. The molecule has 3 heterocycles. The average Bonchev–Trinajstić information content (AvgIpc) is 3.13. The second kappa shape index (κ2) is 7.28. The number of fused-ring (bicyclic) bond motifs is 1. The molecule has 28 heavy (non-hydrogen) atoms. The van der Waals surface area contributed by atoms with Crippen molar-refractivity contribution in [3.63, 3.8) is 0 Å². The third kappa shape index (κ3) is 3.30. The number of benzene rings is 1. The zero-order valence-electron chi connectivity index (χ0n) is 14.8. The van der Waals surface area contributed by atoms with Crippen LogP contribution in [-0.4, -0.2) is 26.9 Å². The number of nitrogens with one attached hydrogen (secondary N) is 2. The third-order valence-electron chi connectivity index (χ3n) is 4.14. The third-order valence-corrected chi connectivity index (χ3v) is 4.14. The highest BCUT2D eigenvalue weighted by molar-refractivity contribution is 6.08. The number of carbonyl (C=O) groups excluding carboxylic acids is 2. The molecule has 138 valence electrons. The fourth-order valence-electron chi connectivity index (χ4n) is 2.78. The molecule has 0 fully saturated rings. The number of hydrazine groups is 1. The van der Waals surface area contributed by atoms with E-state index in [-0.39, 0.29) is 5.71 Å². The first-order valence-electron chi connectivity index (χ1n) is 8.46. The van der Waals surface area contributed by atoms with Crippen LogP contribution in [-0.2, 0) is 0 Å². The summed E-state index contributed by atoms with van der Waals surface area (Å²) in [6.45, 7) is 1.72. The Bertz CT molecular complexity index is 1160. The first-order valence-corrected chi connectivity index (χ1v) is 8.46. The first kappa shape index (κ1) is 17.3. The molecule has 4 rings (SSSR count). The quantitative estimate of drug-likeness (QED) is 0.534. The molecule has 0 atom stereocenters. The number of hydrogen-bond donors (Lipinski definition) is 2. The molecule has 4 aromatic rings. The van der Waals surface area contributed by atoms with Crippen molar-refractivity contribution in [3.05, 3.63) is 77.7 Å². The SMILES string of the molecule is Cc1noc2nc(-c3ccccc3)cc(C(=O)NNC(=O)c3cccnc3)c12. The fraction of sp³-hybridized carbons (Fsp3) is 0.0500. The summed E-state index contributed by atoms with van der Waals surface area (Å²) in [6.07, 6.45) is 2.96. The Morgan fingerprint density at radius 3 is 2.54 bits per heavy atom. The van der Waals surface area contributed by atoms with E-state index in [4.69, 9.17) is 4.52 Å². The second-order valence-electron chi connectivity index (χ2n) is 6.02. The number of pyridine rings is 2. The van der Waals surface area contributed by atoms with Gasteiger partial charge in [-0.1, -0.05) is 35.5 Å². The molecule has 0 aliphatic carbocycles. The number of amides is 2. The predicted molar refractivity (Wildman–Crippen MR) is 101 cm³/mol. The van der Waals surface area contributed by atoms with Crippen LogP contribution in [0.4, 0.5) is 0 Å². The van der Waals surface area contributed by atoms with E-state index in [9.17, 15) is 9.59 Å². The Labute approximate surface area is 159 Å². The smallest absolute Gasteiger partial charge is 0.271 e. The Kier molecular flexibility index (Phi) is 4.51. The van der Waals surface area contributed by atoms with Crippen molar-refractivity contribution in [1.82, 2.24) is 26.0 Å². The van der Waals surface area contributed by atoms with E-state index in [1.54, 1.807) is 31.3 Å². The fourth-order valence-corrected chi connectivity index (χ4v) is 2.78. The standard InChI is InChI=1S/C20H15N5O3/c1-12-17-15(19(27)24-23-18(26)14-8-5-9-21-11-14)10-16(22-20(17)28-25-12)13-6-3-2-4-7-13/h2-11H,1H3,(H,23,26)(H,24,27). The number of hydrogen-bond acceptors (Lipinski definition) is 6. The van der Waals surface area contributed by atoms with Gasteiger partial charge in [-0.3, -0.25) is 25.4 Å². The lowest BCUT2D eigenvalue weighted by atomic mass is 10.1. The summed E-state index contributed by atoms with van der Waals surface area (Å²) < 4.78 is 5.26. The molecular formula is C20H15N5O3. The molecule has 0 bridgehead atoms. The number of nitrogens with zero attached hydrogens (tertiary/aromatic N) is 3. The lowest BCUT2D eigenvalue weighted by Gasteiger charge is -2.09. The van der Waals surface area contributed by atoms with Gasteiger partial charge in [0.15, 0.2) is 0 Å². The minimum atomic E-state index is -0.506. The van der Waals surface area contributed by atoms with Crippen molar-refractivity contribution in [1.29, 1.82) is 0 Å². The van der Waals surface area contributed by atoms with Gasteiger partial charge in [0.05, 0.1) is 27.9 Å². The lowest BCUT2D eigenvalue weighted by molar-refractivity contribution is 0.0847. The first-order chi connectivity index (χ1) is 13.6. The summed E-state index contributed by atoms with van der Waals surface area (Å²) in [4.78, 5) is 33.3. The summed E-state index contributed by atoms with van der Waals surface area (Å²) in [5, 5.41) is 4.40. The van der Waals surface area contributed by atoms with Gasteiger partial charge in [0.2, 0.25) is 0 Å². The van der Waals surface area contributed by atoms with E-state index in [2.05, 4.69) is 26.0 Å². The van der Waals surface area contributed by atoms with Gasteiger partial charge in [-0.25, -0.2) is 4.98 Å². The van der Waals surface area contributed by atoms with E-state index >= 15 is 0 Å². The van der Waals surface area contributed by atoms with Crippen LogP contribution in [0.15, 0.2) is 65.4 Å². The average molecular weight is 373 g/mol. The van der Waals surface area contributed by atoms with Crippen molar-refractivity contribution in [2.75, 3.05) is 0 Å². The highest BCUT2D eigenvalue weighted by Gasteiger charge is 2.20. The van der Waals surface area contributed by atoms with Crippen LogP contribution in [0.25, 0.3) is 22.4 Å². The molecule has 0 saturated heterocycles. The van der Waals surface area contributed by atoms with Gasteiger partial charge in [0.1, 0.15) is 0 Å². The maximum Gasteiger partial charge on any atom is 0.271 e. The van der Waals surface area contributed by atoms with Gasteiger partial charge in [-0.15, -0.1) is 0 Å². The Hall–Kier alpha value is -4.07. The largest absolute Gasteiger partial charge is 0.335 e. The monoisotopic (exact) mass is 373 g/mol. The lowest BCUT2D eigenvalue weighted by Crippen LogP contribution is -2.41. The van der Waals surface area contributed by atoms with E-state index in [1.807, 2.05) is 30.3 Å². The van der Waals surface area contributed by atoms with E-state index in [0.29, 0.717) is 27.9 Å². The van der Waals surface area contributed by atoms with Crippen molar-refractivity contribution < 1.29 is 14.1 Å². The summed E-state index contributed by atoms with van der Waals surface area (Å²) in [7, 11) is 0. The molecule has 8 heteroatoms. The summed E-state index contributed by atoms with van der Waals surface area (Å²) in [5.41, 5.74) is 7.61. The van der Waals surface area contributed by atoms with E-state index in [1.165, 1.54) is 6.20 Å². The van der Waals surface area contributed by atoms with Crippen LogP contribution in [0, 0.1) is 6.92 Å². The van der Waals surface area contributed by atoms with Crippen molar-refractivity contribution in [2.45, 2.75) is 6.92 Å². The number of rotatable bonds is 3. The van der Waals surface area contributed by atoms with Crippen LogP contribution in [0.5, 0.6) is 0 Å². The van der Waals surface area contributed by atoms with Crippen molar-refractivity contribution >= 4 is 22.9 Å². The van der Waals surface area contributed by atoms with Gasteiger partial charge >= 0.3 is 0 Å². The molecule has 2 amide bonds. The molecule has 8 nitrogen and oxygen atoms in total. The molecule has 3 aromatic heterocycles. The predicted octanol–water partition coefficient (Wildman–Crippen LogP) is 2.67. The molecule has 0 spiro atoms. The van der Waals surface area contributed by atoms with Gasteiger partial charge in [-0.05, 0) is 25.1 Å². The summed E-state index contributed by atoms with van der Waals surface area (Å²) in [5.74, 6) is -0.981. The molecule has 0 radical (unpaired) electrons. The molecule has 0 unspecified atom stereocenters. The maximum absolute atomic E-state index is 12.8. The minimum absolute atomic E-state index is 0.252. The van der Waals surface area contributed by atoms with Gasteiger partial charge in [0.25, 0.3) is 17.5 Å². The molecular weight excluding hydrogens is 358 g/mol. The van der Waals surface area contributed by atoms with E-state index in [0.717, 1.165) is 5.56 Å². The highest BCUT2D eigenvalue weighted by Crippen LogP contribution is 2.26. The van der Waals surface area contributed by atoms with Gasteiger partial charge < -0.3 is 4.52 Å². The van der Waals surface area contributed by atoms with Crippen molar-refractivity contribution in [3.8, 4) is 11.3 Å². The Morgan fingerprint density at radius 2 is 1.79 bits per heavy atom. The topological polar surface area (TPSA) is 110 Å². The van der Waals surface area contributed by atoms with Gasteiger partial charge in [0, 0.05) is 18.0 Å². The maximum atomic E-state index is 12.8.